The molecule has 1 aromatic rings. The predicted octanol–water partition coefficient (Wildman–Crippen LogP) is 2.83. The number of hydrogen-bond acceptors (Lipinski definition) is 3. The summed E-state index contributed by atoms with van der Waals surface area (Å²) in [5.74, 6) is 0.209. The number of nitrogens with one attached hydrogen (secondary N) is 1. The van der Waals surface area contributed by atoms with Crippen LogP contribution in [0.15, 0.2) is 22.7 Å². The Kier molecular flexibility index (Phi) is 6.41. The van der Waals surface area contributed by atoms with Crippen molar-refractivity contribution >= 4 is 27.7 Å². The van der Waals surface area contributed by atoms with Gasteiger partial charge in [0.15, 0.2) is 0 Å². The highest BCUT2D eigenvalue weighted by atomic mass is 79.9. The molecule has 0 fully saturated rings. The quantitative estimate of drug-likeness (QED) is 0.866. The molecule has 0 saturated heterocycles. The number of nitrogens with zero attached hydrogens (tertiary/aromatic N) is 1. The van der Waals surface area contributed by atoms with Crippen LogP contribution in [0.1, 0.15) is 38.1 Å². The second kappa shape index (κ2) is 7.63. The van der Waals surface area contributed by atoms with E-state index in [2.05, 4.69) is 21.2 Å². The van der Waals surface area contributed by atoms with Gasteiger partial charge in [0.05, 0.1) is 19.2 Å². The molecule has 0 radical (unpaired) electrons. The number of ether oxygens (including phenoxy) is 1. The highest BCUT2D eigenvalue weighted by molar-refractivity contribution is 9.10. The fourth-order valence-corrected chi connectivity index (χ4v) is 2.34. The van der Waals surface area contributed by atoms with Crippen molar-refractivity contribution in [1.82, 2.24) is 10.2 Å². The standard InChI is InChI=1S/C16H23BrN2O3/c1-6-19(10-14(20)18-16(2,3)4)15(21)12-9-11(22-5)7-8-13(12)17/h7-9H,6,10H2,1-5H3,(H,18,20). The summed E-state index contributed by atoms with van der Waals surface area (Å²) in [6.07, 6.45) is 0. The molecule has 0 aromatic heterocycles. The normalized spacial score (nSPS) is 11.0. The lowest BCUT2D eigenvalue weighted by Crippen LogP contribution is -2.47. The van der Waals surface area contributed by atoms with Crippen LogP contribution in [0.3, 0.4) is 0 Å². The minimum absolute atomic E-state index is 0.0241. The summed E-state index contributed by atoms with van der Waals surface area (Å²) >= 11 is 3.37. The average molecular weight is 371 g/mol. The van der Waals surface area contributed by atoms with Crippen LogP contribution in [0.25, 0.3) is 0 Å². The van der Waals surface area contributed by atoms with Gasteiger partial charge in [0.2, 0.25) is 5.91 Å². The first kappa shape index (κ1) is 18.5. The van der Waals surface area contributed by atoms with E-state index in [0.717, 1.165) is 0 Å². The third-order valence-electron chi connectivity index (χ3n) is 2.92. The van der Waals surface area contributed by atoms with Crippen molar-refractivity contribution in [1.29, 1.82) is 0 Å². The molecule has 1 aromatic carbocycles. The van der Waals surface area contributed by atoms with Crippen LogP contribution in [0, 0.1) is 0 Å². The number of halogens is 1. The molecule has 1 N–H and O–H groups in total. The van der Waals surface area contributed by atoms with Crippen molar-refractivity contribution in [3.05, 3.63) is 28.2 Å². The first-order chi connectivity index (χ1) is 10.2. The molecular formula is C16H23BrN2O3. The van der Waals surface area contributed by atoms with Crippen LogP contribution in [0.2, 0.25) is 0 Å². The van der Waals surface area contributed by atoms with Gasteiger partial charge in [-0.15, -0.1) is 0 Å². The van der Waals surface area contributed by atoms with E-state index in [0.29, 0.717) is 22.3 Å². The zero-order chi connectivity index (χ0) is 16.9. The van der Waals surface area contributed by atoms with Crippen LogP contribution in [0.5, 0.6) is 5.75 Å². The lowest BCUT2D eigenvalue weighted by Gasteiger charge is -2.25. The molecular weight excluding hydrogens is 348 g/mol. The van der Waals surface area contributed by atoms with E-state index in [1.165, 1.54) is 4.90 Å². The molecule has 0 bridgehead atoms. The molecule has 6 heteroatoms. The zero-order valence-corrected chi connectivity index (χ0v) is 15.3. The smallest absolute Gasteiger partial charge is 0.255 e. The minimum Gasteiger partial charge on any atom is -0.497 e. The van der Waals surface area contributed by atoms with Gasteiger partial charge in [0, 0.05) is 16.6 Å². The monoisotopic (exact) mass is 370 g/mol. The molecule has 2 amide bonds. The Bertz CT molecular complexity index is 553. The minimum atomic E-state index is -0.323. The number of amides is 2. The van der Waals surface area contributed by atoms with Gasteiger partial charge >= 0.3 is 0 Å². The van der Waals surface area contributed by atoms with Gasteiger partial charge in [-0.05, 0) is 61.8 Å². The number of carbonyl (C=O) groups excluding carboxylic acids is 2. The molecule has 0 heterocycles. The molecule has 0 unspecified atom stereocenters. The first-order valence-corrected chi connectivity index (χ1v) is 7.91. The predicted molar refractivity (Wildman–Crippen MR) is 90.2 cm³/mol. The van der Waals surface area contributed by atoms with E-state index < -0.39 is 0 Å². The molecule has 0 aliphatic rings. The van der Waals surface area contributed by atoms with Crippen molar-refractivity contribution in [2.45, 2.75) is 33.2 Å². The second-order valence-corrected chi connectivity index (χ2v) is 6.82. The number of methoxy groups -OCH3 is 1. The Labute approximate surface area is 140 Å². The highest BCUT2D eigenvalue weighted by Crippen LogP contribution is 2.23. The number of rotatable bonds is 5. The van der Waals surface area contributed by atoms with Crippen molar-refractivity contribution in [3.8, 4) is 5.75 Å². The van der Waals surface area contributed by atoms with Crippen LogP contribution < -0.4 is 10.1 Å². The van der Waals surface area contributed by atoms with E-state index in [1.54, 1.807) is 25.3 Å². The molecule has 1 rings (SSSR count). The Morgan fingerprint density at radius 1 is 1.32 bits per heavy atom. The fraction of sp³-hybridized carbons (Fsp3) is 0.500. The fourth-order valence-electron chi connectivity index (χ4n) is 1.92. The van der Waals surface area contributed by atoms with E-state index >= 15 is 0 Å². The van der Waals surface area contributed by atoms with Crippen LogP contribution >= 0.6 is 15.9 Å². The maximum atomic E-state index is 12.6. The van der Waals surface area contributed by atoms with Gasteiger partial charge in [0.25, 0.3) is 5.91 Å². The summed E-state index contributed by atoms with van der Waals surface area (Å²) < 4.78 is 5.82. The van der Waals surface area contributed by atoms with Gasteiger partial charge in [-0.25, -0.2) is 0 Å². The molecule has 22 heavy (non-hydrogen) atoms. The van der Waals surface area contributed by atoms with Gasteiger partial charge in [-0.1, -0.05) is 0 Å². The summed E-state index contributed by atoms with van der Waals surface area (Å²) in [6.45, 7) is 8.03. The molecule has 5 nitrogen and oxygen atoms in total. The van der Waals surface area contributed by atoms with Crippen molar-refractivity contribution in [2.75, 3.05) is 20.2 Å². The lowest BCUT2D eigenvalue weighted by atomic mass is 10.1. The molecule has 0 spiro atoms. The van der Waals surface area contributed by atoms with Crippen molar-refractivity contribution < 1.29 is 14.3 Å². The summed E-state index contributed by atoms with van der Waals surface area (Å²) in [6, 6.07) is 5.19. The Balaban J connectivity index is 2.91. The second-order valence-electron chi connectivity index (χ2n) is 5.96. The molecule has 0 atom stereocenters. The Morgan fingerprint density at radius 3 is 2.45 bits per heavy atom. The molecule has 0 saturated carbocycles. The average Bonchev–Trinajstić information content (AvgIpc) is 2.42. The molecule has 0 aliphatic heterocycles. The Morgan fingerprint density at radius 2 is 1.95 bits per heavy atom. The molecule has 0 aliphatic carbocycles. The number of benzene rings is 1. The lowest BCUT2D eigenvalue weighted by molar-refractivity contribution is -0.123. The van der Waals surface area contributed by atoms with Crippen molar-refractivity contribution in [3.63, 3.8) is 0 Å². The SMILES string of the molecule is CCN(CC(=O)NC(C)(C)C)C(=O)c1cc(OC)ccc1Br. The van der Waals surface area contributed by atoms with E-state index in [4.69, 9.17) is 4.74 Å². The largest absolute Gasteiger partial charge is 0.497 e. The summed E-state index contributed by atoms with van der Waals surface area (Å²) in [7, 11) is 1.55. The summed E-state index contributed by atoms with van der Waals surface area (Å²) in [5, 5.41) is 2.86. The van der Waals surface area contributed by atoms with E-state index in [-0.39, 0.29) is 23.9 Å². The third kappa shape index (κ3) is 5.33. The number of carbonyl (C=O) groups is 2. The Hall–Kier alpha value is -1.56. The number of hydrogen-bond donors (Lipinski definition) is 1. The molecule has 122 valence electrons. The van der Waals surface area contributed by atoms with Gasteiger partial charge in [0.1, 0.15) is 5.75 Å². The van der Waals surface area contributed by atoms with Gasteiger partial charge in [-0.3, -0.25) is 9.59 Å². The van der Waals surface area contributed by atoms with Crippen LogP contribution in [-0.2, 0) is 4.79 Å². The number of likely N-dealkylation sites (N-methyl/N-ethyl adjacent to an activating group) is 1. The third-order valence-corrected chi connectivity index (χ3v) is 3.61. The van der Waals surface area contributed by atoms with E-state index in [9.17, 15) is 9.59 Å². The van der Waals surface area contributed by atoms with Crippen molar-refractivity contribution in [2.24, 2.45) is 0 Å². The summed E-state index contributed by atoms with van der Waals surface area (Å²) in [4.78, 5) is 26.2. The summed E-state index contributed by atoms with van der Waals surface area (Å²) in [5.41, 5.74) is 0.153. The van der Waals surface area contributed by atoms with Crippen LogP contribution in [-0.4, -0.2) is 42.5 Å². The van der Waals surface area contributed by atoms with Gasteiger partial charge < -0.3 is 15.0 Å². The van der Waals surface area contributed by atoms with E-state index in [1.807, 2.05) is 27.7 Å². The van der Waals surface area contributed by atoms with Crippen LogP contribution in [0.4, 0.5) is 0 Å². The maximum Gasteiger partial charge on any atom is 0.255 e. The maximum absolute atomic E-state index is 12.6. The van der Waals surface area contributed by atoms with Gasteiger partial charge in [-0.2, -0.15) is 0 Å². The topological polar surface area (TPSA) is 58.6 Å². The first-order valence-electron chi connectivity index (χ1n) is 7.11. The zero-order valence-electron chi connectivity index (χ0n) is 13.7. The highest BCUT2D eigenvalue weighted by Gasteiger charge is 2.22.